The summed E-state index contributed by atoms with van der Waals surface area (Å²) in [6, 6.07) is 2.25. The summed E-state index contributed by atoms with van der Waals surface area (Å²) in [5.74, 6) is -3.16. The fraction of sp³-hybridized carbons (Fsp3) is 0.385. The lowest BCUT2D eigenvalue weighted by Crippen LogP contribution is -2.44. The quantitative estimate of drug-likeness (QED) is 0.875. The van der Waals surface area contributed by atoms with Crippen LogP contribution in [0.4, 0.5) is 19.3 Å². The third kappa shape index (κ3) is 3.23. The van der Waals surface area contributed by atoms with Gasteiger partial charge in [0, 0.05) is 19.2 Å². The number of carbonyl (C=O) groups excluding carboxylic acids is 1. The minimum absolute atomic E-state index is 0.0873. The molecule has 1 heterocycles. The summed E-state index contributed by atoms with van der Waals surface area (Å²) in [5.41, 5.74) is -0.131. The van der Waals surface area contributed by atoms with Gasteiger partial charge in [0.05, 0.1) is 11.6 Å². The number of urea groups is 1. The van der Waals surface area contributed by atoms with Gasteiger partial charge in [-0.1, -0.05) is 0 Å². The van der Waals surface area contributed by atoms with Crippen LogP contribution in [0.2, 0.25) is 0 Å². The van der Waals surface area contributed by atoms with Gasteiger partial charge in [-0.05, 0) is 25.0 Å². The second-order valence-electron chi connectivity index (χ2n) is 4.68. The predicted octanol–water partition coefficient (Wildman–Crippen LogP) is 2.29. The first-order chi connectivity index (χ1) is 9.47. The molecule has 2 rings (SSSR count). The normalized spacial score (nSPS) is 18.7. The van der Waals surface area contributed by atoms with Crippen molar-refractivity contribution in [2.24, 2.45) is 5.92 Å². The number of hydrogen-bond acceptors (Lipinski definition) is 2. The summed E-state index contributed by atoms with van der Waals surface area (Å²) in [4.78, 5) is 24.2. The van der Waals surface area contributed by atoms with Crippen molar-refractivity contribution in [1.82, 2.24) is 4.90 Å². The predicted molar refractivity (Wildman–Crippen MR) is 67.3 cm³/mol. The molecule has 2 N–H and O–H groups in total. The van der Waals surface area contributed by atoms with Crippen molar-refractivity contribution in [3.05, 3.63) is 29.8 Å². The van der Waals surface area contributed by atoms with E-state index in [2.05, 4.69) is 5.32 Å². The zero-order valence-corrected chi connectivity index (χ0v) is 10.6. The maximum absolute atomic E-state index is 13.4. The molecule has 2 amide bonds. The lowest BCUT2D eigenvalue weighted by molar-refractivity contribution is -0.143. The molecule has 1 fully saturated rings. The first-order valence-corrected chi connectivity index (χ1v) is 6.21. The minimum Gasteiger partial charge on any atom is -0.481 e. The Balaban J connectivity index is 2.02. The zero-order chi connectivity index (χ0) is 14.7. The van der Waals surface area contributed by atoms with Crippen LogP contribution in [0.1, 0.15) is 12.8 Å². The largest absolute Gasteiger partial charge is 0.481 e. The summed E-state index contributed by atoms with van der Waals surface area (Å²) in [6.45, 7) is 0.502. The van der Waals surface area contributed by atoms with E-state index in [1.807, 2.05) is 0 Å². The van der Waals surface area contributed by atoms with Crippen molar-refractivity contribution in [3.8, 4) is 0 Å². The van der Waals surface area contributed by atoms with Gasteiger partial charge in [-0.25, -0.2) is 13.6 Å². The molecule has 0 saturated carbocycles. The number of carbonyl (C=O) groups is 2. The van der Waals surface area contributed by atoms with E-state index in [9.17, 15) is 18.4 Å². The van der Waals surface area contributed by atoms with Crippen molar-refractivity contribution in [1.29, 1.82) is 0 Å². The van der Waals surface area contributed by atoms with E-state index in [1.165, 1.54) is 4.90 Å². The standard InChI is InChI=1S/C13H14F2N2O3/c14-9-3-4-11(10(15)6-9)16-13(20)17-5-1-2-8(7-17)12(18)19/h3-4,6,8H,1-2,5,7H2,(H,16,20)(H,18,19)/t8-/m0/s1. The van der Waals surface area contributed by atoms with Gasteiger partial charge in [0.2, 0.25) is 0 Å². The van der Waals surface area contributed by atoms with E-state index in [-0.39, 0.29) is 12.2 Å². The van der Waals surface area contributed by atoms with Crippen LogP contribution in [0.25, 0.3) is 0 Å². The molecule has 5 nitrogen and oxygen atoms in total. The molecule has 0 bridgehead atoms. The smallest absolute Gasteiger partial charge is 0.321 e. The van der Waals surface area contributed by atoms with Crippen molar-refractivity contribution in [3.63, 3.8) is 0 Å². The molecule has 0 unspecified atom stereocenters. The number of hydrogen-bond donors (Lipinski definition) is 2. The number of halogens is 2. The number of benzene rings is 1. The fourth-order valence-corrected chi connectivity index (χ4v) is 2.15. The number of likely N-dealkylation sites (tertiary alicyclic amines) is 1. The van der Waals surface area contributed by atoms with Gasteiger partial charge in [0.15, 0.2) is 0 Å². The van der Waals surface area contributed by atoms with Crippen LogP contribution in [-0.2, 0) is 4.79 Å². The van der Waals surface area contributed by atoms with Crippen LogP contribution in [-0.4, -0.2) is 35.1 Å². The van der Waals surface area contributed by atoms with Gasteiger partial charge < -0.3 is 15.3 Å². The Morgan fingerprint density at radius 3 is 2.75 bits per heavy atom. The minimum atomic E-state index is -0.949. The van der Waals surface area contributed by atoms with Crippen LogP contribution < -0.4 is 5.32 Å². The monoisotopic (exact) mass is 284 g/mol. The Kier molecular flexibility index (Phi) is 4.16. The van der Waals surface area contributed by atoms with Crippen LogP contribution in [0.3, 0.4) is 0 Å². The maximum atomic E-state index is 13.4. The zero-order valence-electron chi connectivity index (χ0n) is 10.6. The summed E-state index contributed by atoms with van der Waals surface area (Å²) in [6.07, 6.45) is 1.10. The molecule has 108 valence electrons. The topological polar surface area (TPSA) is 69.6 Å². The molecular formula is C13H14F2N2O3. The SMILES string of the molecule is O=C(O)[C@H]1CCCN(C(=O)Nc2ccc(F)cc2F)C1. The third-order valence-corrected chi connectivity index (χ3v) is 3.23. The Bertz CT molecular complexity index is 536. The van der Waals surface area contributed by atoms with E-state index in [0.717, 1.165) is 12.1 Å². The Morgan fingerprint density at radius 1 is 1.35 bits per heavy atom. The highest BCUT2D eigenvalue weighted by Gasteiger charge is 2.28. The number of nitrogens with zero attached hydrogens (tertiary/aromatic N) is 1. The number of rotatable bonds is 2. The molecule has 1 aliphatic heterocycles. The summed E-state index contributed by atoms with van der Waals surface area (Å²) in [7, 11) is 0. The number of nitrogens with one attached hydrogen (secondary N) is 1. The van der Waals surface area contributed by atoms with E-state index >= 15 is 0 Å². The molecule has 1 atom stereocenters. The molecule has 20 heavy (non-hydrogen) atoms. The van der Waals surface area contributed by atoms with Gasteiger partial charge in [0.1, 0.15) is 11.6 Å². The molecule has 1 saturated heterocycles. The fourth-order valence-electron chi connectivity index (χ4n) is 2.15. The molecule has 0 spiro atoms. The molecule has 7 heteroatoms. The lowest BCUT2D eigenvalue weighted by Gasteiger charge is -2.30. The first-order valence-electron chi connectivity index (χ1n) is 6.21. The lowest BCUT2D eigenvalue weighted by atomic mass is 9.99. The van der Waals surface area contributed by atoms with Crippen molar-refractivity contribution in [2.45, 2.75) is 12.8 Å². The maximum Gasteiger partial charge on any atom is 0.321 e. The van der Waals surface area contributed by atoms with Crippen LogP contribution in [0.15, 0.2) is 18.2 Å². The Morgan fingerprint density at radius 2 is 2.10 bits per heavy atom. The second-order valence-corrected chi connectivity index (χ2v) is 4.68. The number of piperidine rings is 1. The van der Waals surface area contributed by atoms with Crippen molar-refractivity contribution < 1.29 is 23.5 Å². The molecule has 0 aromatic heterocycles. The van der Waals surface area contributed by atoms with Gasteiger partial charge in [-0.3, -0.25) is 4.79 Å². The molecular weight excluding hydrogens is 270 g/mol. The summed E-state index contributed by atoms with van der Waals surface area (Å²) < 4.78 is 26.2. The number of aliphatic carboxylic acids is 1. The average Bonchev–Trinajstić information content (AvgIpc) is 2.42. The molecule has 0 radical (unpaired) electrons. The van der Waals surface area contributed by atoms with Gasteiger partial charge in [-0.2, -0.15) is 0 Å². The number of carboxylic acids is 1. The van der Waals surface area contributed by atoms with Crippen molar-refractivity contribution in [2.75, 3.05) is 18.4 Å². The highest BCUT2D eigenvalue weighted by Crippen LogP contribution is 2.19. The second kappa shape index (κ2) is 5.85. The van der Waals surface area contributed by atoms with Crippen LogP contribution in [0, 0.1) is 17.6 Å². The third-order valence-electron chi connectivity index (χ3n) is 3.23. The molecule has 0 aliphatic carbocycles. The Labute approximate surface area is 114 Å². The summed E-state index contributed by atoms with van der Waals surface area (Å²) in [5, 5.41) is 11.3. The Hall–Kier alpha value is -2.18. The van der Waals surface area contributed by atoms with E-state index < -0.39 is 29.6 Å². The van der Waals surface area contributed by atoms with Gasteiger partial charge >= 0.3 is 12.0 Å². The van der Waals surface area contributed by atoms with Crippen LogP contribution >= 0.6 is 0 Å². The number of carboxylic acid groups (broad SMARTS) is 1. The summed E-state index contributed by atoms with van der Waals surface area (Å²) >= 11 is 0. The molecule has 1 aliphatic rings. The number of anilines is 1. The molecule has 1 aromatic carbocycles. The number of amides is 2. The van der Waals surface area contributed by atoms with E-state index in [4.69, 9.17) is 5.11 Å². The first kappa shape index (κ1) is 14.2. The van der Waals surface area contributed by atoms with Gasteiger partial charge in [-0.15, -0.1) is 0 Å². The van der Waals surface area contributed by atoms with Crippen LogP contribution in [0.5, 0.6) is 0 Å². The molecule has 1 aromatic rings. The van der Waals surface area contributed by atoms with E-state index in [1.54, 1.807) is 0 Å². The average molecular weight is 284 g/mol. The van der Waals surface area contributed by atoms with Crippen molar-refractivity contribution >= 4 is 17.7 Å². The van der Waals surface area contributed by atoms with E-state index in [0.29, 0.717) is 25.5 Å². The highest BCUT2D eigenvalue weighted by atomic mass is 19.1. The van der Waals surface area contributed by atoms with Gasteiger partial charge in [0.25, 0.3) is 0 Å². The highest BCUT2D eigenvalue weighted by molar-refractivity contribution is 5.89.